The summed E-state index contributed by atoms with van der Waals surface area (Å²) in [6, 6.07) is 8.16. The molecule has 0 aliphatic rings. The lowest BCUT2D eigenvalue weighted by Crippen LogP contribution is -1.97. The van der Waals surface area contributed by atoms with Crippen molar-refractivity contribution < 1.29 is 4.74 Å². The number of rotatable bonds is 17. The molecule has 2 aromatic rings. The lowest BCUT2D eigenvalue weighted by Gasteiger charge is -2.07. The average Bonchev–Trinajstić information content (AvgIpc) is 2.81. The zero-order valence-corrected chi connectivity index (χ0v) is 19.8. The summed E-state index contributed by atoms with van der Waals surface area (Å²) in [4.78, 5) is 9.16. The van der Waals surface area contributed by atoms with Crippen LogP contribution in [-0.2, 0) is 6.42 Å². The molecule has 0 atom stereocenters. The topological polar surface area (TPSA) is 35.0 Å². The van der Waals surface area contributed by atoms with Crippen LogP contribution in [0.5, 0.6) is 5.75 Å². The van der Waals surface area contributed by atoms with E-state index in [1.54, 1.807) is 0 Å². The second-order valence-electron chi connectivity index (χ2n) is 8.43. The molecule has 2 rings (SSSR count). The van der Waals surface area contributed by atoms with Crippen LogP contribution in [0.25, 0.3) is 11.4 Å². The molecule has 1 aromatic carbocycles. The van der Waals surface area contributed by atoms with Crippen LogP contribution in [0.3, 0.4) is 0 Å². The number of allylic oxidation sites excluding steroid dienone is 2. The quantitative estimate of drug-likeness (QED) is 0.190. The summed E-state index contributed by atoms with van der Waals surface area (Å²) < 4.78 is 5.87. The van der Waals surface area contributed by atoms with E-state index in [0.717, 1.165) is 36.6 Å². The van der Waals surface area contributed by atoms with Crippen LogP contribution < -0.4 is 4.74 Å². The summed E-state index contributed by atoms with van der Waals surface area (Å²) >= 11 is 0. The highest BCUT2D eigenvalue weighted by atomic mass is 16.5. The van der Waals surface area contributed by atoms with Crippen molar-refractivity contribution in [1.82, 2.24) is 9.97 Å². The minimum Gasteiger partial charge on any atom is -0.494 e. The van der Waals surface area contributed by atoms with Gasteiger partial charge in [0.1, 0.15) is 5.75 Å². The smallest absolute Gasteiger partial charge is 0.159 e. The van der Waals surface area contributed by atoms with E-state index in [1.165, 1.54) is 76.2 Å². The SMILES string of the molecule is CC=CCCCCCCOc1ccc(-c2ncc(CCCCCCCCC)cn2)cc1. The zero-order chi connectivity index (χ0) is 22.0. The monoisotopic (exact) mass is 422 g/mol. The summed E-state index contributed by atoms with van der Waals surface area (Å²) in [5, 5.41) is 0. The molecule has 3 nitrogen and oxygen atoms in total. The summed E-state index contributed by atoms with van der Waals surface area (Å²) in [7, 11) is 0. The third-order valence-electron chi connectivity index (χ3n) is 5.66. The van der Waals surface area contributed by atoms with Gasteiger partial charge in [0.25, 0.3) is 0 Å². The van der Waals surface area contributed by atoms with Crippen molar-refractivity contribution in [2.75, 3.05) is 6.61 Å². The summed E-state index contributed by atoms with van der Waals surface area (Å²) in [6.45, 7) is 5.13. The number of aryl methyl sites for hydroxylation is 1. The summed E-state index contributed by atoms with van der Waals surface area (Å²) in [6.07, 6.45) is 24.9. The largest absolute Gasteiger partial charge is 0.494 e. The maximum absolute atomic E-state index is 5.87. The number of nitrogens with zero attached hydrogens (tertiary/aromatic N) is 2. The average molecular weight is 423 g/mol. The third-order valence-corrected chi connectivity index (χ3v) is 5.66. The molecule has 1 heterocycles. The molecule has 0 saturated carbocycles. The van der Waals surface area contributed by atoms with Gasteiger partial charge in [0.2, 0.25) is 0 Å². The first-order chi connectivity index (χ1) is 15.3. The van der Waals surface area contributed by atoms with Crippen molar-refractivity contribution in [3.05, 3.63) is 54.4 Å². The Hall–Kier alpha value is -2.16. The van der Waals surface area contributed by atoms with Crippen molar-refractivity contribution in [3.63, 3.8) is 0 Å². The molecule has 1 aromatic heterocycles. The molecule has 0 unspecified atom stereocenters. The van der Waals surface area contributed by atoms with Crippen LogP contribution in [0, 0.1) is 0 Å². The Bertz CT molecular complexity index is 707. The van der Waals surface area contributed by atoms with Crippen LogP contribution in [-0.4, -0.2) is 16.6 Å². The van der Waals surface area contributed by atoms with E-state index in [-0.39, 0.29) is 0 Å². The van der Waals surface area contributed by atoms with Gasteiger partial charge in [0, 0.05) is 18.0 Å². The second kappa shape index (κ2) is 16.5. The van der Waals surface area contributed by atoms with E-state index < -0.39 is 0 Å². The minimum atomic E-state index is 0.784. The Labute approximate surface area is 190 Å². The molecule has 0 amide bonds. The molecular weight excluding hydrogens is 380 g/mol. The fourth-order valence-corrected chi connectivity index (χ4v) is 3.69. The van der Waals surface area contributed by atoms with Crippen molar-refractivity contribution >= 4 is 0 Å². The van der Waals surface area contributed by atoms with Crippen LogP contribution >= 0.6 is 0 Å². The highest BCUT2D eigenvalue weighted by Crippen LogP contribution is 2.20. The minimum absolute atomic E-state index is 0.784. The van der Waals surface area contributed by atoms with E-state index >= 15 is 0 Å². The van der Waals surface area contributed by atoms with Gasteiger partial charge in [0.05, 0.1) is 6.61 Å². The highest BCUT2D eigenvalue weighted by molar-refractivity contribution is 5.55. The number of unbranched alkanes of at least 4 members (excludes halogenated alkanes) is 10. The van der Waals surface area contributed by atoms with Crippen molar-refractivity contribution in [2.45, 2.75) is 97.3 Å². The van der Waals surface area contributed by atoms with Crippen LogP contribution in [0.15, 0.2) is 48.8 Å². The molecular formula is C28H42N2O. The van der Waals surface area contributed by atoms with Gasteiger partial charge >= 0.3 is 0 Å². The van der Waals surface area contributed by atoms with Crippen molar-refractivity contribution in [2.24, 2.45) is 0 Å². The normalized spacial score (nSPS) is 11.3. The van der Waals surface area contributed by atoms with E-state index in [9.17, 15) is 0 Å². The predicted octanol–water partition coefficient (Wildman–Crippen LogP) is 8.34. The number of hydrogen-bond acceptors (Lipinski definition) is 3. The molecule has 170 valence electrons. The number of ether oxygens (including phenoxy) is 1. The fourth-order valence-electron chi connectivity index (χ4n) is 3.69. The molecule has 0 spiro atoms. The van der Waals surface area contributed by atoms with Gasteiger partial charge < -0.3 is 4.74 Å². The Balaban J connectivity index is 1.64. The maximum atomic E-state index is 5.87. The summed E-state index contributed by atoms with van der Waals surface area (Å²) in [5.74, 6) is 1.71. The fraction of sp³-hybridized carbons (Fsp3) is 0.571. The molecule has 0 aliphatic heterocycles. The van der Waals surface area contributed by atoms with Crippen molar-refractivity contribution in [3.8, 4) is 17.1 Å². The van der Waals surface area contributed by atoms with Gasteiger partial charge in [-0.25, -0.2) is 9.97 Å². The Morgan fingerprint density at radius 1 is 0.774 bits per heavy atom. The van der Waals surface area contributed by atoms with E-state index in [4.69, 9.17) is 4.74 Å². The first kappa shape index (κ1) is 25.1. The molecule has 31 heavy (non-hydrogen) atoms. The standard InChI is InChI=1S/C28H42N2O/c1-3-5-7-9-11-13-15-17-25-23-29-28(30-24-25)26-18-20-27(21-19-26)31-22-16-14-12-10-8-6-4-2/h4,6,18-21,23-24H,3,5,7-17,22H2,1-2H3. The molecule has 3 heteroatoms. The van der Waals surface area contributed by atoms with Crippen molar-refractivity contribution in [1.29, 1.82) is 0 Å². The number of benzene rings is 1. The number of hydrogen-bond donors (Lipinski definition) is 0. The van der Waals surface area contributed by atoms with Gasteiger partial charge in [-0.2, -0.15) is 0 Å². The van der Waals surface area contributed by atoms with Gasteiger partial charge in [-0.15, -0.1) is 0 Å². The Kier molecular flexibility index (Phi) is 13.4. The highest BCUT2D eigenvalue weighted by Gasteiger charge is 2.03. The Morgan fingerprint density at radius 2 is 1.42 bits per heavy atom. The van der Waals surface area contributed by atoms with Gasteiger partial charge in [0.15, 0.2) is 5.82 Å². The predicted molar refractivity (Wildman–Crippen MR) is 133 cm³/mol. The molecule has 0 aliphatic carbocycles. The van der Waals surface area contributed by atoms with E-state index in [0.29, 0.717) is 0 Å². The first-order valence-corrected chi connectivity index (χ1v) is 12.5. The van der Waals surface area contributed by atoms with Crippen LogP contribution in [0.1, 0.15) is 96.5 Å². The lowest BCUT2D eigenvalue weighted by atomic mass is 10.1. The van der Waals surface area contributed by atoms with Crippen LogP contribution in [0.4, 0.5) is 0 Å². The van der Waals surface area contributed by atoms with Gasteiger partial charge in [-0.1, -0.05) is 70.4 Å². The van der Waals surface area contributed by atoms with Gasteiger partial charge in [-0.05, 0) is 68.9 Å². The van der Waals surface area contributed by atoms with Gasteiger partial charge in [-0.3, -0.25) is 0 Å². The molecule has 0 fully saturated rings. The third kappa shape index (κ3) is 11.1. The maximum Gasteiger partial charge on any atom is 0.159 e. The second-order valence-corrected chi connectivity index (χ2v) is 8.43. The molecule has 0 bridgehead atoms. The van der Waals surface area contributed by atoms with E-state index in [1.807, 2.05) is 24.5 Å². The molecule has 0 N–H and O–H groups in total. The summed E-state index contributed by atoms with van der Waals surface area (Å²) in [5.41, 5.74) is 2.28. The van der Waals surface area contributed by atoms with E-state index in [2.05, 4.69) is 48.1 Å². The molecule has 0 radical (unpaired) electrons. The lowest BCUT2D eigenvalue weighted by molar-refractivity contribution is 0.305. The molecule has 0 saturated heterocycles. The Morgan fingerprint density at radius 3 is 2.13 bits per heavy atom. The van der Waals surface area contributed by atoms with Crippen LogP contribution in [0.2, 0.25) is 0 Å². The number of aromatic nitrogens is 2. The zero-order valence-electron chi connectivity index (χ0n) is 19.8. The first-order valence-electron chi connectivity index (χ1n) is 12.5.